The van der Waals surface area contributed by atoms with E-state index < -0.39 is 0 Å². The Bertz CT molecular complexity index is 582. The molecule has 1 N–H and O–H groups in total. The lowest BCUT2D eigenvalue weighted by molar-refractivity contribution is 0.0996. The number of anilines is 1. The zero-order chi connectivity index (χ0) is 14.4. The second-order valence-corrected chi connectivity index (χ2v) is 4.30. The number of furan rings is 1. The summed E-state index contributed by atoms with van der Waals surface area (Å²) in [5, 5.41) is 2.87. The molecule has 2 aromatic rings. The van der Waals surface area contributed by atoms with E-state index in [1.165, 1.54) is 12.1 Å². The SMILES string of the molecule is COCCOc1cccc(NC(=O)c2ccc(Cl)o2)c1. The number of carbonyl (C=O) groups is 1. The molecule has 1 aromatic carbocycles. The van der Waals surface area contributed by atoms with Crippen molar-refractivity contribution < 1.29 is 18.7 Å². The summed E-state index contributed by atoms with van der Waals surface area (Å²) < 4.78 is 15.4. The Morgan fingerprint density at radius 1 is 1.30 bits per heavy atom. The molecule has 0 aliphatic rings. The van der Waals surface area contributed by atoms with Crippen molar-refractivity contribution in [2.75, 3.05) is 25.6 Å². The molecule has 0 spiro atoms. The summed E-state index contributed by atoms with van der Waals surface area (Å²) in [5.41, 5.74) is 0.609. The predicted octanol–water partition coefficient (Wildman–Crippen LogP) is 3.21. The van der Waals surface area contributed by atoms with Gasteiger partial charge in [-0.25, -0.2) is 0 Å². The molecule has 0 aliphatic carbocycles. The van der Waals surface area contributed by atoms with Crippen LogP contribution in [0.15, 0.2) is 40.8 Å². The minimum absolute atomic E-state index is 0.153. The highest BCUT2D eigenvalue weighted by atomic mass is 35.5. The Hall–Kier alpha value is -1.98. The zero-order valence-corrected chi connectivity index (χ0v) is 11.6. The zero-order valence-electron chi connectivity index (χ0n) is 10.9. The monoisotopic (exact) mass is 295 g/mol. The Kier molecular flexibility index (Phi) is 5.03. The van der Waals surface area contributed by atoms with Crippen LogP contribution in [0.25, 0.3) is 0 Å². The van der Waals surface area contributed by atoms with E-state index in [2.05, 4.69) is 5.32 Å². The van der Waals surface area contributed by atoms with E-state index in [1.807, 2.05) is 0 Å². The number of hydrogen-bond donors (Lipinski definition) is 1. The van der Waals surface area contributed by atoms with E-state index >= 15 is 0 Å². The van der Waals surface area contributed by atoms with Gasteiger partial charge in [-0.05, 0) is 35.9 Å². The maximum atomic E-state index is 11.9. The number of ether oxygens (including phenoxy) is 2. The van der Waals surface area contributed by atoms with Gasteiger partial charge in [0.1, 0.15) is 12.4 Å². The van der Waals surface area contributed by atoms with Gasteiger partial charge in [-0.15, -0.1) is 0 Å². The maximum Gasteiger partial charge on any atom is 0.291 e. The number of methoxy groups -OCH3 is 1. The molecule has 0 saturated carbocycles. The fraction of sp³-hybridized carbons (Fsp3) is 0.214. The first-order chi connectivity index (χ1) is 9.69. The molecule has 0 unspecified atom stereocenters. The molecule has 1 aromatic heterocycles. The summed E-state index contributed by atoms with van der Waals surface area (Å²) >= 11 is 5.63. The Morgan fingerprint density at radius 3 is 2.85 bits per heavy atom. The summed E-state index contributed by atoms with van der Waals surface area (Å²) in [6.45, 7) is 0.948. The van der Waals surface area contributed by atoms with Crippen LogP contribution in [0.1, 0.15) is 10.6 Å². The Morgan fingerprint density at radius 2 is 2.15 bits per heavy atom. The van der Waals surface area contributed by atoms with Crippen LogP contribution >= 0.6 is 11.6 Å². The minimum Gasteiger partial charge on any atom is -0.491 e. The van der Waals surface area contributed by atoms with Crippen molar-refractivity contribution in [2.45, 2.75) is 0 Å². The quantitative estimate of drug-likeness (QED) is 0.831. The van der Waals surface area contributed by atoms with Crippen LogP contribution < -0.4 is 10.1 Å². The fourth-order valence-corrected chi connectivity index (χ4v) is 1.68. The van der Waals surface area contributed by atoms with E-state index in [0.29, 0.717) is 24.7 Å². The van der Waals surface area contributed by atoms with Gasteiger partial charge < -0.3 is 19.2 Å². The first-order valence-corrected chi connectivity index (χ1v) is 6.35. The van der Waals surface area contributed by atoms with Crippen LogP contribution in [0.4, 0.5) is 5.69 Å². The van der Waals surface area contributed by atoms with Gasteiger partial charge >= 0.3 is 0 Å². The van der Waals surface area contributed by atoms with Gasteiger partial charge in [0.15, 0.2) is 11.0 Å². The van der Waals surface area contributed by atoms with Crippen LogP contribution in [-0.2, 0) is 4.74 Å². The van der Waals surface area contributed by atoms with Crippen LogP contribution in [-0.4, -0.2) is 26.2 Å². The van der Waals surface area contributed by atoms with E-state index in [4.69, 9.17) is 25.5 Å². The average Bonchev–Trinajstić information content (AvgIpc) is 2.86. The van der Waals surface area contributed by atoms with Crippen molar-refractivity contribution in [3.8, 4) is 5.75 Å². The summed E-state index contributed by atoms with van der Waals surface area (Å²) in [4.78, 5) is 11.9. The highest BCUT2D eigenvalue weighted by Crippen LogP contribution is 2.19. The summed E-state index contributed by atoms with van der Waals surface area (Å²) in [5.74, 6) is 0.434. The molecule has 2 rings (SSSR count). The van der Waals surface area contributed by atoms with Crippen molar-refractivity contribution in [1.82, 2.24) is 0 Å². The number of halogens is 1. The lowest BCUT2D eigenvalue weighted by atomic mass is 10.3. The van der Waals surface area contributed by atoms with E-state index in [0.717, 1.165) is 0 Å². The second kappa shape index (κ2) is 6.98. The fourth-order valence-electron chi connectivity index (χ4n) is 1.54. The largest absolute Gasteiger partial charge is 0.491 e. The van der Waals surface area contributed by atoms with Crippen molar-refractivity contribution in [2.24, 2.45) is 0 Å². The molecule has 5 nitrogen and oxygen atoms in total. The third kappa shape index (κ3) is 4.01. The van der Waals surface area contributed by atoms with Crippen molar-refractivity contribution in [1.29, 1.82) is 0 Å². The van der Waals surface area contributed by atoms with Gasteiger partial charge in [0.05, 0.1) is 6.61 Å². The van der Waals surface area contributed by atoms with Gasteiger partial charge in [-0.2, -0.15) is 0 Å². The van der Waals surface area contributed by atoms with Gasteiger partial charge in [0.25, 0.3) is 5.91 Å². The van der Waals surface area contributed by atoms with E-state index in [9.17, 15) is 4.79 Å². The standard InChI is InChI=1S/C14H14ClNO4/c1-18-7-8-19-11-4-2-3-10(9-11)16-14(17)12-5-6-13(15)20-12/h2-6,9H,7-8H2,1H3,(H,16,17). The van der Waals surface area contributed by atoms with Crippen molar-refractivity contribution >= 4 is 23.2 Å². The van der Waals surface area contributed by atoms with Crippen molar-refractivity contribution in [3.63, 3.8) is 0 Å². The molecular formula is C14H14ClNO4. The number of carbonyl (C=O) groups excluding carboxylic acids is 1. The Labute approximate surface area is 121 Å². The molecule has 106 valence electrons. The third-order valence-electron chi connectivity index (χ3n) is 2.45. The topological polar surface area (TPSA) is 60.7 Å². The van der Waals surface area contributed by atoms with E-state index in [-0.39, 0.29) is 16.9 Å². The highest BCUT2D eigenvalue weighted by Gasteiger charge is 2.11. The van der Waals surface area contributed by atoms with Gasteiger partial charge in [0.2, 0.25) is 0 Å². The molecule has 20 heavy (non-hydrogen) atoms. The number of benzene rings is 1. The maximum absolute atomic E-state index is 11.9. The first kappa shape index (κ1) is 14.4. The average molecular weight is 296 g/mol. The van der Waals surface area contributed by atoms with Crippen LogP contribution in [0.3, 0.4) is 0 Å². The molecule has 1 heterocycles. The van der Waals surface area contributed by atoms with Crippen LogP contribution in [0.2, 0.25) is 5.22 Å². The van der Waals surface area contributed by atoms with Gasteiger partial charge in [-0.3, -0.25) is 4.79 Å². The summed E-state index contributed by atoms with van der Waals surface area (Å²) in [6, 6.07) is 10.1. The Balaban J connectivity index is 1.98. The number of nitrogens with one attached hydrogen (secondary N) is 1. The number of rotatable bonds is 6. The first-order valence-electron chi connectivity index (χ1n) is 5.97. The second-order valence-electron chi connectivity index (χ2n) is 3.93. The molecular weight excluding hydrogens is 282 g/mol. The third-order valence-corrected chi connectivity index (χ3v) is 2.65. The van der Waals surface area contributed by atoms with Gasteiger partial charge in [-0.1, -0.05) is 6.07 Å². The summed E-state index contributed by atoms with van der Waals surface area (Å²) in [7, 11) is 1.61. The molecule has 0 bridgehead atoms. The molecule has 1 amide bonds. The normalized spacial score (nSPS) is 10.3. The predicted molar refractivity (Wildman–Crippen MR) is 75.5 cm³/mol. The molecule has 0 radical (unpaired) electrons. The molecule has 0 aliphatic heterocycles. The van der Waals surface area contributed by atoms with Crippen molar-refractivity contribution in [3.05, 3.63) is 47.4 Å². The molecule has 0 fully saturated rings. The molecule has 0 saturated heterocycles. The minimum atomic E-state index is -0.369. The number of hydrogen-bond acceptors (Lipinski definition) is 4. The smallest absolute Gasteiger partial charge is 0.291 e. The summed E-state index contributed by atoms with van der Waals surface area (Å²) in [6.07, 6.45) is 0. The molecule has 6 heteroatoms. The number of amides is 1. The lowest BCUT2D eigenvalue weighted by Gasteiger charge is -2.08. The highest BCUT2D eigenvalue weighted by molar-refractivity contribution is 6.29. The molecule has 0 atom stereocenters. The van der Waals surface area contributed by atoms with Gasteiger partial charge in [0, 0.05) is 18.9 Å². The van der Waals surface area contributed by atoms with Crippen LogP contribution in [0, 0.1) is 0 Å². The van der Waals surface area contributed by atoms with E-state index in [1.54, 1.807) is 31.4 Å². The van der Waals surface area contributed by atoms with Crippen LogP contribution in [0.5, 0.6) is 5.75 Å². The lowest BCUT2D eigenvalue weighted by Crippen LogP contribution is -2.11.